The molecule has 1 aromatic rings. The molecular weight excluding hydrogens is 204 g/mol. The highest BCUT2D eigenvalue weighted by atomic mass is 35.5. The quantitative estimate of drug-likeness (QED) is 0.409. The van der Waals surface area contributed by atoms with Crippen LogP contribution in [0.25, 0.3) is 0 Å². The molecule has 0 radical (unpaired) electrons. The second kappa shape index (κ2) is 7.37. The van der Waals surface area contributed by atoms with Crippen molar-refractivity contribution in [2.24, 2.45) is 0 Å². The zero-order valence-electron chi connectivity index (χ0n) is 9.22. The maximum absolute atomic E-state index is 5.58. The fourth-order valence-electron chi connectivity index (χ4n) is 1.41. The van der Waals surface area contributed by atoms with Gasteiger partial charge in [0.1, 0.15) is 0 Å². The first-order valence-corrected chi connectivity index (χ1v) is 6.04. The fourth-order valence-corrected chi connectivity index (χ4v) is 1.55. The highest BCUT2D eigenvalue weighted by Gasteiger charge is 1.91. The molecular formula is C14H17Cl. The van der Waals surface area contributed by atoms with Crippen molar-refractivity contribution in [3.8, 4) is 11.8 Å². The minimum absolute atomic E-state index is 0.699. The van der Waals surface area contributed by atoms with Crippen molar-refractivity contribution in [3.63, 3.8) is 0 Å². The Labute approximate surface area is 97.7 Å². The summed E-state index contributed by atoms with van der Waals surface area (Å²) in [4.78, 5) is 0. The number of hydrogen-bond donors (Lipinski definition) is 0. The van der Waals surface area contributed by atoms with Gasteiger partial charge in [-0.15, -0.1) is 11.6 Å². The monoisotopic (exact) mass is 220 g/mol. The summed E-state index contributed by atoms with van der Waals surface area (Å²) in [5, 5.41) is 0. The van der Waals surface area contributed by atoms with Crippen molar-refractivity contribution in [1.82, 2.24) is 0 Å². The first-order chi connectivity index (χ1) is 7.36. The van der Waals surface area contributed by atoms with Crippen molar-refractivity contribution < 1.29 is 0 Å². The molecule has 80 valence electrons. The number of alkyl halides is 1. The summed E-state index contributed by atoms with van der Waals surface area (Å²) in [5.41, 5.74) is 2.50. The van der Waals surface area contributed by atoms with Gasteiger partial charge in [0.05, 0.1) is 0 Å². The summed E-state index contributed by atoms with van der Waals surface area (Å²) in [6, 6.07) is 8.48. The number of hydrogen-bond acceptors (Lipinski definition) is 0. The predicted molar refractivity (Wildman–Crippen MR) is 67.3 cm³/mol. The van der Waals surface area contributed by atoms with E-state index < -0.39 is 0 Å². The molecule has 0 N–H and O–H groups in total. The summed E-state index contributed by atoms with van der Waals surface area (Å²) in [7, 11) is 0. The molecule has 0 atom stereocenters. The Kier molecular flexibility index (Phi) is 5.97. The van der Waals surface area contributed by atoms with E-state index in [0.717, 1.165) is 24.8 Å². The molecule has 0 aliphatic carbocycles. The third-order valence-corrected chi connectivity index (χ3v) is 2.40. The molecule has 0 spiro atoms. The van der Waals surface area contributed by atoms with E-state index in [9.17, 15) is 0 Å². The van der Waals surface area contributed by atoms with E-state index in [2.05, 4.69) is 43.0 Å². The Balaban J connectivity index is 2.59. The first kappa shape index (κ1) is 12.1. The molecule has 0 saturated heterocycles. The van der Waals surface area contributed by atoms with Gasteiger partial charge in [-0.05, 0) is 30.5 Å². The lowest BCUT2D eigenvalue weighted by atomic mass is 10.1. The van der Waals surface area contributed by atoms with Crippen LogP contribution in [0.3, 0.4) is 0 Å². The third-order valence-electron chi connectivity index (χ3n) is 2.13. The van der Waals surface area contributed by atoms with Crippen LogP contribution in [0.4, 0.5) is 0 Å². The van der Waals surface area contributed by atoms with E-state index in [1.165, 1.54) is 12.0 Å². The highest BCUT2D eigenvalue weighted by Crippen LogP contribution is 2.06. The summed E-state index contributed by atoms with van der Waals surface area (Å²) in [6.45, 7) is 2.19. The van der Waals surface area contributed by atoms with Crippen LogP contribution in [-0.4, -0.2) is 5.88 Å². The molecule has 0 amide bonds. The Morgan fingerprint density at radius 1 is 1.33 bits per heavy atom. The van der Waals surface area contributed by atoms with Gasteiger partial charge in [-0.2, -0.15) is 0 Å². The van der Waals surface area contributed by atoms with Crippen LogP contribution in [0.2, 0.25) is 0 Å². The number of aryl methyl sites for hydroxylation is 1. The van der Waals surface area contributed by atoms with Gasteiger partial charge in [0.25, 0.3) is 0 Å². The SMILES string of the molecule is CCCc1cccc(C#CCCCCl)c1. The summed E-state index contributed by atoms with van der Waals surface area (Å²) in [5.74, 6) is 7.01. The molecule has 0 aliphatic rings. The molecule has 0 heterocycles. The molecule has 1 aromatic carbocycles. The molecule has 0 fully saturated rings. The van der Waals surface area contributed by atoms with Crippen molar-refractivity contribution in [2.75, 3.05) is 5.88 Å². The average molecular weight is 221 g/mol. The molecule has 0 aliphatic heterocycles. The average Bonchev–Trinajstić information content (AvgIpc) is 2.26. The zero-order valence-corrected chi connectivity index (χ0v) is 9.98. The normalized spacial score (nSPS) is 9.47. The van der Waals surface area contributed by atoms with Crippen LogP contribution in [0.15, 0.2) is 24.3 Å². The fraction of sp³-hybridized carbons (Fsp3) is 0.429. The largest absolute Gasteiger partial charge is 0.127 e. The standard InChI is InChI=1S/C14H17Cl/c1-2-7-13-9-6-10-14(12-13)8-4-3-5-11-15/h6,9-10,12H,2-3,5,7,11H2,1H3. The van der Waals surface area contributed by atoms with Crippen molar-refractivity contribution in [2.45, 2.75) is 32.6 Å². The molecule has 0 aromatic heterocycles. The second-order valence-electron chi connectivity index (χ2n) is 3.54. The second-order valence-corrected chi connectivity index (χ2v) is 3.92. The lowest BCUT2D eigenvalue weighted by Gasteiger charge is -1.98. The molecule has 1 heteroatoms. The molecule has 0 saturated carbocycles. The summed E-state index contributed by atoms with van der Waals surface area (Å²) >= 11 is 5.58. The molecule has 0 nitrogen and oxygen atoms in total. The number of rotatable bonds is 4. The highest BCUT2D eigenvalue weighted by molar-refractivity contribution is 6.17. The molecule has 1 rings (SSSR count). The number of halogens is 1. The van der Waals surface area contributed by atoms with Gasteiger partial charge in [0, 0.05) is 17.9 Å². The van der Waals surface area contributed by atoms with Crippen LogP contribution >= 0.6 is 11.6 Å². The van der Waals surface area contributed by atoms with E-state index in [4.69, 9.17) is 11.6 Å². The van der Waals surface area contributed by atoms with Crippen LogP contribution < -0.4 is 0 Å². The zero-order chi connectivity index (χ0) is 10.9. The van der Waals surface area contributed by atoms with Gasteiger partial charge in [0.15, 0.2) is 0 Å². The minimum atomic E-state index is 0.699. The van der Waals surface area contributed by atoms with E-state index in [-0.39, 0.29) is 0 Å². The number of benzene rings is 1. The van der Waals surface area contributed by atoms with Crippen LogP contribution in [0.5, 0.6) is 0 Å². The van der Waals surface area contributed by atoms with Crippen molar-refractivity contribution >= 4 is 11.6 Å². The van der Waals surface area contributed by atoms with Crippen LogP contribution in [0.1, 0.15) is 37.3 Å². The Hall–Kier alpha value is -0.930. The summed E-state index contributed by atoms with van der Waals surface area (Å²) < 4.78 is 0. The van der Waals surface area contributed by atoms with Crippen molar-refractivity contribution in [3.05, 3.63) is 35.4 Å². The molecule has 15 heavy (non-hydrogen) atoms. The topological polar surface area (TPSA) is 0 Å². The Morgan fingerprint density at radius 3 is 2.93 bits per heavy atom. The van der Waals surface area contributed by atoms with Gasteiger partial charge < -0.3 is 0 Å². The maximum Gasteiger partial charge on any atom is 0.0247 e. The lowest BCUT2D eigenvalue weighted by Crippen LogP contribution is -1.84. The van der Waals surface area contributed by atoms with E-state index >= 15 is 0 Å². The van der Waals surface area contributed by atoms with Gasteiger partial charge in [0.2, 0.25) is 0 Å². The van der Waals surface area contributed by atoms with Crippen LogP contribution in [-0.2, 0) is 6.42 Å². The smallest absolute Gasteiger partial charge is 0.0247 e. The van der Waals surface area contributed by atoms with Crippen LogP contribution in [0, 0.1) is 11.8 Å². The van der Waals surface area contributed by atoms with Gasteiger partial charge in [-0.25, -0.2) is 0 Å². The maximum atomic E-state index is 5.58. The predicted octanol–water partition coefficient (Wildman–Crippen LogP) is 4.01. The van der Waals surface area contributed by atoms with Gasteiger partial charge in [-0.1, -0.05) is 37.3 Å². The van der Waals surface area contributed by atoms with Gasteiger partial charge >= 0.3 is 0 Å². The third kappa shape index (κ3) is 4.91. The lowest BCUT2D eigenvalue weighted by molar-refractivity contribution is 0.921. The number of unbranched alkanes of at least 4 members (excludes halogenated alkanes) is 1. The first-order valence-electron chi connectivity index (χ1n) is 5.50. The Bertz CT molecular complexity index is 344. The summed E-state index contributed by atoms with van der Waals surface area (Å²) in [6.07, 6.45) is 4.19. The molecule has 0 unspecified atom stereocenters. The van der Waals surface area contributed by atoms with Gasteiger partial charge in [-0.3, -0.25) is 0 Å². The van der Waals surface area contributed by atoms with E-state index in [1.54, 1.807) is 0 Å². The van der Waals surface area contributed by atoms with Crippen molar-refractivity contribution in [1.29, 1.82) is 0 Å². The van der Waals surface area contributed by atoms with E-state index in [0.29, 0.717) is 5.88 Å². The minimum Gasteiger partial charge on any atom is -0.127 e. The Morgan fingerprint density at radius 2 is 2.20 bits per heavy atom. The molecule has 0 bridgehead atoms. The van der Waals surface area contributed by atoms with E-state index in [1.807, 2.05) is 0 Å².